The molecule has 37 heavy (non-hydrogen) atoms. The van der Waals surface area contributed by atoms with Crippen molar-refractivity contribution in [2.75, 3.05) is 7.11 Å². The fourth-order valence-corrected chi connectivity index (χ4v) is 4.83. The highest BCUT2D eigenvalue weighted by molar-refractivity contribution is 9.10. The van der Waals surface area contributed by atoms with Crippen LogP contribution >= 0.6 is 15.9 Å². The van der Waals surface area contributed by atoms with Gasteiger partial charge in [0.25, 0.3) is 0 Å². The van der Waals surface area contributed by atoms with Gasteiger partial charge in [-0.3, -0.25) is 19.6 Å². The van der Waals surface area contributed by atoms with E-state index in [0.29, 0.717) is 21.8 Å². The maximum Gasteiger partial charge on any atom is 0.212 e. The summed E-state index contributed by atoms with van der Waals surface area (Å²) < 4.78 is 0.888. The highest BCUT2D eigenvalue weighted by Crippen LogP contribution is 2.23. The van der Waals surface area contributed by atoms with Crippen molar-refractivity contribution in [2.45, 2.75) is 6.61 Å². The van der Waals surface area contributed by atoms with Gasteiger partial charge in [0.15, 0.2) is 0 Å². The van der Waals surface area contributed by atoms with Crippen molar-refractivity contribution in [1.82, 2.24) is 9.97 Å². The second-order valence-electron chi connectivity index (χ2n) is 8.22. The van der Waals surface area contributed by atoms with E-state index in [-0.39, 0.29) is 17.5 Å². The summed E-state index contributed by atoms with van der Waals surface area (Å²) in [5.41, 5.74) is 1.72. The number of benzene rings is 2. The van der Waals surface area contributed by atoms with Gasteiger partial charge in [0.05, 0.1) is 7.11 Å². The van der Waals surface area contributed by atoms with E-state index in [2.05, 4.69) is 30.8 Å². The highest BCUT2D eigenvalue weighted by Gasteiger charge is 2.08. The molecule has 0 N–H and O–H groups in total. The fraction of sp³-hybridized carbons (Fsp3) is 0.0667. The van der Waals surface area contributed by atoms with Gasteiger partial charge in [0, 0.05) is 38.4 Å². The third kappa shape index (κ3) is 4.97. The lowest BCUT2D eigenvalue weighted by molar-refractivity contribution is -0.281. The summed E-state index contributed by atoms with van der Waals surface area (Å²) in [5, 5.41) is 4.76. The maximum absolute atomic E-state index is 12.6. The van der Waals surface area contributed by atoms with Gasteiger partial charge in [-0.25, -0.2) is 9.78 Å². The summed E-state index contributed by atoms with van der Waals surface area (Å²) in [6, 6.07) is 26.3. The van der Waals surface area contributed by atoms with Crippen LogP contribution in [0.5, 0.6) is 0 Å². The van der Waals surface area contributed by atoms with Crippen molar-refractivity contribution >= 4 is 59.3 Å². The number of nitrogens with zero attached hydrogens (tertiary/aromatic N) is 2. The molecule has 0 bridgehead atoms. The van der Waals surface area contributed by atoms with Crippen molar-refractivity contribution in [2.24, 2.45) is 0 Å². The number of rotatable bonds is 3. The molecule has 182 valence electrons. The normalized spacial score (nSPS) is 11.0. The highest BCUT2D eigenvalue weighted by atomic mass is 79.9. The predicted octanol–water partition coefficient (Wildman–Crippen LogP) is 6.34. The Morgan fingerprint density at radius 2 is 1.19 bits per heavy atom. The third-order valence-electron chi connectivity index (χ3n) is 6.00. The van der Waals surface area contributed by atoms with Crippen molar-refractivity contribution in [3.8, 4) is 0 Å². The number of hydrogen-bond donors (Lipinski definition) is 0. The van der Waals surface area contributed by atoms with Crippen LogP contribution in [0.15, 0.2) is 111 Å². The molecule has 0 fully saturated rings. The van der Waals surface area contributed by atoms with Gasteiger partial charge < -0.3 is 0 Å². The summed E-state index contributed by atoms with van der Waals surface area (Å²) in [6.45, 7) is 0.261. The maximum atomic E-state index is 12.6. The molecule has 2 heterocycles. The van der Waals surface area contributed by atoms with E-state index >= 15 is 0 Å². The molecule has 4 aromatic carbocycles. The van der Waals surface area contributed by atoms with E-state index in [9.17, 15) is 9.59 Å². The molecule has 0 saturated carbocycles. The Labute approximate surface area is 220 Å². The smallest absolute Gasteiger partial charge is 0.212 e. The van der Waals surface area contributed by atoms with Crippen molar-refractivity contribution < 1.29 is 9.78 Å². The minimum Gasteiger partial charge on any atom is -0.287 e. The van der Waals surface area contributed by atoms with Crippen LogP contribution in [0.1, 0.15) is 5.56 Å². The minimum atomic E-state index is -0.0696. The molecular weight excluding hydrogens is 532 g/mol. The fourth-order valence-electron chi connectivity index (χ4n) is 4.26. The Balaban J connectivity index is 0.000000153. The Morgan fingerprint density at radius 3 is 1.81 bits per heavy atom. The zero-order chi connectivity index (χ0) is 25.8. The Hall–Kier alpha value is -4.04. The molecule has 6 rings (SSSR count). The molecule has 0 amide bonds. The monoisotopic (exact) mass is 552 g/mol. The van der Waals surface area contributed by atoms with Gasteiger partial charge in [-0.15, -0.1) is 0 Å². The van der Waals surface area contributed by atoms with Crippen LogP contribution in [0.3, 0.4) is 0 Å². The van der Waals surface area contributed by atoms with Crippen LogP contribution in [0.25, 0.3) is 43.4 Å². The standard InChI is InChI=1S/C16H13NO3.C14H8BrNO/c1-19-20-10-12-9-11-5-2-3-6-14(11)16(18)15-13(12)7-4-8-17-15;15-12-8-9-4-1-2-5-10(9)14(17)13-11(12)6-3-7-16-13/h2-9H,10H2,1H3;1-8H. The predicted molar refractivity (Wildman–Crippen MR) is 151 cm³/mol. The zero-order valence-electron chi connectivity index (χ0n) is 19.9. The minimum absolute atomic E-state index is 0.0260. The molecule has 7 heteroatoms. The Kier molecular flexibility index (Phi) is 7.28. The molecule has 0 spiro atoms. The van der Waals surface area contributed by atoms with Gasteiger partial charge >= 0.3 is 0 Å². The first-order chi connectivity index (χ1) is 18.1. The number of aromatic nitrogens is 2. The average molecular weight is 553 g/mol. The zero-order valence-corrected chi connectivity index (χ0v) is 21.4. The summed E-state index contributed by atoms with van der Waals surface area (Å²) in [7, 11) is 1.46. The molecule has 0 radical (unpaired) electrons. The molecular formula is C30H21BrN2O4. The third-order valence-corrected chi connectivity index (χ3v) is 6.66. The van der Waals surface area contributed by atoms with Crippen LogP contribution in [-0.4, -0.2) is 17.1 Å². The van der Waals surface area contributed by atoms with E-state index in [4.69, 9.17) is 4.89 Å². The van der Waals surface area contributed by atoms with Crippen molar-refractivity contribution in [1.29, 1.82) is 0 Å². The molecule has 6 aromatic rings. The Bertz CT molecular complexity index is 1890. The topological polar surface area (TPSA) is 78.4 Å². The summed E-state index contributed by atoms with van der Waals surface area (Å²) >= 11 is 3.50. The molecule has 0 aliphatic rings. The molecule has 2 aromatic heterocycles. The largest absolute Gasteiger partial charge is 0.287 e. The number of fused-ring (bicyclic) bond motifs is 4. The first-order valence-electron chi connectivity index (χ1n) is 11.5. The lowest BCUT2D eigenvalue weighted by Gasteiger charge is -2.01. The lowest BCUT2D eigenvalue weighted by Crippen LogP contribution is -2.00. The number of pyridine rings is 2. The Morgan fingerprint density at radius 1 is 0.676 bits per heavy atom. The van der Waals surface area contributed by atoms with Gasteiger partial charge in [-0.05, 0) is 46.7 Å². The van der Waals surface area contributed by atoms with E-state index in [1.165, 1.54) is 7.11 Å². The van der Waals surface area contributed by atoms with E-state index in [0.717, 1.165) is 31.6 Å². The van der Waals surface area contributed by atoms with Gasteiger partial charge in [-0.2, -0.15) is 0 Å². The van der Waals surface area contributed by atoms with Gasteiger partial charge in [-0.1, -0.05) is 70.5 Å². The first kappa shape index (κ1) is 24.6. The van der Waals surface area contributed by atoms with E-state index in [1.54, 1.807) is 12.4 Å². The SMILES string of the molecule is COOCc1cc2ccccc2c(=O)c2ncccc12.O=c1c2ccccc2cc(Br)c2cccnc12. The van der Waals surface area contributed by atoms with Gasteiger partial charge in [0.1, 0.15) is 17.6 Å². The molecule has 0 atom stereocenters. The number of halogens is 1. The molecule has 0 aliphatic carbocycles. The summed E-state index contributed by atoms with van der Waals surface area (Å²) in [4.78, 5) is 43.1. The van der Waals surface area contributed by atoms with E-state index in [1.807, 2.05) is 84.9 Å². The second kappa shape index (κ2) is 10.9. The average Bonchev–Trinajstić information content (AvgIpc) is 3.13. The molecule has 6 nitrogen and oxygen atoms in total. The molecule has 0 aliphatic heterocycles. The van der Waals surface area contributed by atoms with Crippen LogP contribution in [0, 0.1) is 0 Å². The van der Waals surface area contributed by atoms with E-state index < -0.39 is 0 Å². The van der Waals surface area contributed by atoms with Crippen LogP contribution < -0.4 is 10.9 Å². The summed E-state index contributed by atoms with van der Waals surface area (Å²) in [5.74, 6) is 0. The molecule has 0 saturated heterocycles. The van der Waals surface area contributed by atoms with Crippen molar-refractivity contribution in [3.63, 3.8) is 0 Å². The number of hydrogen-bond acceptors (Lipinski definition) is 6. The van der Waals surface area contributed by atoms with Crippen LogP contribution in [0.2, 0.25) is 0 Å². The quantitative estimate of drug-likeness (QED) is 0.188. The van der Waals surface area contributed by atoms with Crippen LogP contribution in [0.4, 0.5) is 0 Å². The first-order valence-corrected chi connectivity index (χ1v) is 12.3. The van der Waals surface area contributed by atoms with Gasteiger partial charge in [0.2, 0.25) is 10.9 Å². The van der Waals surface area contributed by atoms with Crippen molar-refractivity contribution in [3.05, 3.63) is 128 Å². The molecule has 0 unspecified atom stereocenters. The summed E-state index contributed by atoms with van der Waals surface area (Å²) in [6.07, 6.45) is 3.27. The lowest BCUT2D eigenvalue weighted by atomic mass is 10.1. The van der Waals surface area contributed by atoms with Crippen LogP contribution in [-0.2, 0) is 16.4 Å². The second-order valence-corrected chi connectivity index (χ2v) is 9.08.